The summed E-state index contributed by atoms with van der Waals surface area (Å²) in [6.07, 6.45) is 2.62. The Bertz CT molecular complexity index is 228. The molecule has 1 unspecified atom stereocenters. The van der Waals surface area contributed by atoms with Gasteiger partial charge in [-0.25, -0.2) is 0 Å². The number of hydrogen-bond acceptors (Lipinski definition) is 1. The maximum Gasteiger partial charge on any atom is -0.00585 e. The van der Waals surface area contributed by atoms with Gasteiger partial charge in [-0.3, -0.25) is 0 Å². The fourth-order valence-electron chi connectivity index (χ4n) is 1.37. The summed E-state index contributed by atoms with van der Waals surface area (Å²) in [6.45, 7) is 9.27. The third-order valence-electron chi connectivity index (χ3n) is 2.44. The first-order valence-corrected chi connectivity index (χ1v) is 5.95. The highest BCUT2D eigenvalue weighted by molar-refractivity contribution is 7.07. The molecule has 0 spiro atoms. The smallest absolute Gasteiger partial charge is 0.00585 e. The van der Waals surface area contributed by atoms with Crippen LogP contribution in [0, 0.1) is 5.41 Å². The van der Waals surface area contributed by atoms with E-state index in [-0.39, 0.29) is 0 Å². The Morgan fingerprint density at radius 3 is 2.54 bits per heavy atom. The Labute approximate surface area is 86.0 Å². The van der Waals surface area contributed by atoms with Crippen LogP contribution in [0.5, 0.6) is 0 Å². The summed E-state index contributed by atoms with van der Waals surface area (Å²) in [5.41, 5.74) is 1.99. The zero-order valence-electron chi connectivity index (χ0n) is 9.13. The van der Waals surface area contributed by atoms with Crippen LogP contribution in [-0.2, 0) is 0 Å². The van der Waals surface area contributed by atoms with Crippen LogP contribution in [0.4, 0.5) is 0 Å². The number of rotatable bonds is 3. The van der Waals surface area contributed by atoms with Crippen molar-refractivity contribution in [1.82, 2.24) is 0 Å². The van der Waals surface area contributed by atoms with Crippen LogP contribution in [0.25, 0.3) is 0 Å². The maximum absolute atomic E-state index is 2.33. The first kappa shape index (κ1) is 10.8. The van der Waals surface area contributed by atoms with E-state index in [2.05, 4.69) is 44.5 Å². The van der Waals surface area contributed by atoms with Gasteiger partial charge in [-0.15, -0.1) is 0 Å². The third kappa shape index (κ3) is 3.95. The molecule has 13 heavy (non-hydrogen) atoms. The van der Waals surface area contributed by atoms with Gasteiger partial charge in [-0.1, -0.05) is 27.7 Å². The minimum Gasteiger partial charge on any atom is -0.152 e. The predicted molar refractivity (Wildman–Crippen MR) is 61.4 cm³/mol. The predicted octanol–water partition coefficient (Wildman–Crippen LogP) is 4.68. The van der Waals surface area contributed by atoms with Gasteiger partial charge < -0.3 is 0 Å². The van der Waals surface area contributed by atoms with Crippen LogP contribution in [0.2, 0.25) is 0 Å². The molecule has 0 aliphatic heterocycles. The average Bonchev–Trinajstić information content (AvgIpc) is 2.50. The molecule has 0 saturated carbocycles. The highest BCUT2D eigenvalue weighted by atomic mass is 32.1. The maximum atomic E-state index is 2.33. The van der Waals surface area contributed by atoms with E-state index in [4.69, 9.17) is 0 Å². The lowest BCUT2D eigenvalue weighted by molar-refractivity contribution is 0.353. The van der Waals surface area contributed by atoms with E-state index >= 15 is 0 Å². The molecule has 0 aromatic carbocycles. The van der Waals surface area contributed by atoms with Gasteiger partial charge in [0.1, 0.15) is 0 Å². The quantitative estimate of drug-likeness (QED) is 0.658. The van der Waals surface area contributed by atoms with Gasteiger partial charge in [0, 0.05) is 0 Å². The first-order valence-electron chi connectivity index (χ1n) is 5.01. The summed E-state index contributed by atoms with van der Waals surface area (Å²) >= 11 is 1.80. The van der Waals surface area contributed by atoms with Crippen molar-refractivity contribution in [3.05, 3.63) is 22.4 Å². The van der Waals surface area contributed by atoms with Crippen molar-refractivity contribution in [3.63, 3.8) is 0 Å². The van der Waals surface area contributed by atoms with Crippen molar-refractivity contribution in [1.29, 1.82) is 0 Å². The fourth-order valence-corrected chi connectivity index (χ4v) is 2.15. The molecular weight excluding hydrogens is 176 g/mol. The molecule has 1 heterocycles. The number of hydrogen-bond donors (Lipinski definition) is 0. The topological polar surface area (TPSA) is 0 Å². The SMILES string of the molecule is CC(CCC(C)(C)C)c1ccsc1. The molecule has 0 nitrogen and oxygen atoms in total. The van der Waals surface area contributed by atoms with Crippen LogP contribution in [0.1, 0.15) is 52.0 Å². The van der Waals surface area contributed by atoms with E-state index in [9.17, 15) is 0 Å². The zero-order chi connectivity index (χ0) is 9.90. The van der Waals surface area contributed by atoms with E-state index in [0.29, 0.717) is 5.41 Å². The summed E-state index contributed by atoms with van der Waals surface area (Å²) in [7, 11) is 0. The molecule has 1 atom stereocenters. The monoisotopic (exact) mass is 196 g/mol. The third-order valence-corrected chi connectivity index (χ3v) is 3.14. The summed E-state index contributed by atoms with van der Waals surface area (Å²) in [5.74, 6) is 0.727. The largest absolute Gasteiger partial charge is 0.152 e. The van der Waals surface area contributed by atoms with Crippen molar-refractivity contribution in [2.75, 3.05) is 0 Å². The Morgan fingerprint density at radius 2 is 2.08 bits per heavy atom. The van der Waals surface area contributed by atoms with Gasteiger partial charge >= 0.3 is 0 Å². The molecule has 0 bridgehead atoms. The van der Waals surface area contributed by atoms with Crippen molar-refractivity contribution in [3.8, 4) is 0 Å². The molecule has 0 amide bonds. The van der Waals surface area contributed by atoms with Gasteiger partial charge in [-0.2, -0.15) is 11.3 Å². The second kappa shape index (κ2) is 4.28. The lowest BCUT2D eigenvalue weighted by Crippen LogP contribution is -2.06. The van der Waals surface area contributed by atoms with Crippen LogP contribution in [0.15, 0.2) is 16.8 Å². The van der Waals surface area contributed by atoms with Crippen molar-refractivity contribution in [2.45, 2.75) is 46.5 Å². The van der Waals surface area contributed by atoms with Crippen molar-refractivity contribution in [2.24, 2.45) is 5.41 Å². The minimum atomic E-state index is 0.476. The molecule has 0 aliphatic carbocycles. The van der Waals surface area contributed by atoms with E-state index in [1.165, 1.54) is 18.4 Å². The van der Waals surface area contributed by atoms with Crippen LogP contribution < -0.4 is 0 Å². The van der Waals surface area contributed by atoms with E-state index < -0.39 is 0 Å². The lowest BCUT2D eigenvalue weighted by atomic mass is 9.86. The Kier molecular flexibility index (Phi) is 3.55. The summed E-state index contributed by atoms with van der Waals surface area (Å²) in [5, 5.41) is 4.44. The van der Waals surface area contributed by atoms with E-state index in [1.807, 2.05) is 0 Å². The van der Waals surface area contributed by atoms with Gasteiger partial charge in [-0.05, 0) is 46.6 Å². The molecule has 0 radical (unpaired) electrons. The van der Waals surface area contributed by atoms with Gasteiger partial charge in [0.05, 0.1) is 0 Å². The molecule has 1 rings (SSSR count). The zero-order valence-corrected chi connectivity index (χ0v) is 9.95. The van der Waals surface area contributed by atoms with Crippen LogP contribution in [0.3, 0.4) is 0 Å². The fraction of sp³-hybridized carbons (Fsp3) is 0.667. The minimum absolute atomic E-state index is 0.476. The summed E-state index contributed by atoms with van der Waals surface area (Å²) < 4.78 is 0. The van der Waals surface area contributed by atoms with Gasteiger partial charge in [0.2, 0.25) is 0 Å². The molecular formula is C12H20S. The second-order valence-electron chi connectivity index (χ2n) is 5.06. The van der Waals surface area contributed by atoms with Crippen LogP contribution >= 0.6 is 11.3 Å². The van der Waals surface area contributed by atoms with E-state index in [1.54, 1.807) is 11.3 Å². The first-order chi connectivity index (χ1) is 5.99. The lowest BCUT2D eigenvalue weighted by Gasteiger charge is -2.20. The molecule has 1 aromatic heterocycles. The highest BCUT2D eigenvalue weighted by Crippen LogP contribution is 2.29. The molecule has 1 aromatic rings. The van der Waals surface area contributed by atoms with Crippen LogP contribution in [-0.4, -0.2) is 0 Å². The molecule has 1 heteroatoms. The summed E-state index contributed by atoms with van der Waals surface area (Å²) in [4.78, 5) is 0. The van der Waals surface area contributed by atoms with Crippen molar-refractivity contribution < 1.29 is 0 Å². The second-order valence-corrected chi connectivity index (χ2v) is 5.84. The normalized spacial score (nSPS) is 14.5. The molecule has 0 fully saturated rings. The Balaban J connectivity index is 2.39. The molecule has 0 N–H and O–H groups in total. The van der Waals surface area contributed by atoms with E-state index in [0.717, 1.165) is 5.92 Å². The Morgan fingerprint density at radius 1 is 1.38 bits per heavy atom. The summed E-state index contributed by atoms with van der Waals surface area (Å²) in [6, 6.07) is 2.25. The number of thiophene rings is 1. The van der Waals surface area contributed by atoms with Gasteiger partial charge in [0.15, 0.2) is 0 Å². The molecule has 74 valence electrons. The average molecular weight is 196 g/mol. The molecule has 0 aliphatic rings. The Hall–Kier alpha value is -0.300. The standard InChI is InChI=1S/C12H20S/c1-10(5-7-12(2,3)4)11-6-8-13-9-11/h6,8-10H,5,7H2,1-4H3. The van der Waals surface area contributed by atoms with Gasteiger partial charge in [0.25, 0.3) is 0 Å². The highest BCUT2D eigenvalue weighted by Gasteiger charge is 2.13. The van der Waals surface area contributed by atoms with Crippen molar-refractivity contribution >= 4 is 11.3 Å². The molecule has 0 saturated heterocycles.